The van der Waals surface area contributed by atoms with Crippen LogP contribution in [-0.4, -0.2) is 43.8 Å². The number of nitrogens with one attached hydrogen (secondary N) is 1. The first kappa shape index (κ1) is 27.6. The lowest BCUT2D eigenvalue weighted by Crippen LogP contribution is -2.50. The summed E-state index contributed by atoms with van der Waals surface area (Å²) in [5.41, 5.74) is 1.33. The van der Waals surface area contributed by atoms with Gasteiger partial charge in [0.15, 0.2) is 0 Å². The molecule has 0 saturated heterocycles. The molecule has 1 N–H and O–H groups in total. The van der Waals surface area contributed by atoms with Gasteiger partial charge in [0, 0.05) is 30.9 Å². The van der Waals surface area contributed by atoms with E-state index in [-0.39, 0.29) is 54.5 Å². The third-order valence-corrected chi connectivity index (χ3v) is 8.94. The van der Waals surface area contributed by atoms with Crippen molar-refractivity contribution < 1.29 is 22.4 Å². The number of carbonyl (C=O) groups is 2. The van der Waals surface area contributed by atoms with Crippen molar-refractivity contribution in [2.45, 2.75) is 70.0 Å². The van der Waals surface area contributed by atoms with Gasteiger partial charge < -0.3 is 10.2 Å². The Balaban J connectivity index is 1.52. The number of rotatable bonds is 11. The lowest BCUT2D eigenvalue weighted by molar-refractivity contribution is -0.141. The molecule has 3 aromatic rings. The average Bonchev–Trinajstić information content (AvgIpc) is 3.12. The topological polar surface area (TPSA) is 86.8 Å². The molecule has 38 heavy (non-hydrogen) atoms. The fourth-order valence-electron chi connectivity index (χ4n) is 4.86. The summed E-state index contributed by atoms with van der Waals surface area (Å²) >= 11 is 0. The zero-order chi connectivity index (χ0) is 27.4. The van der Waals surface area contributed by atoms with E-state index in [9.17, 15) is 22.4 Å². The second-order valence-corrected chi connectivity index (χ2v) is 11.5. The van der Waals surface area contributed by atoms with Crippen LogP contribution in [0, 0.1) is 5.82 Å². The molecule has 1 aliphatic rings. The van der Waals surface area contributed by atoms with E-state index < -0.39 is 16.1 Å². The Bertz CT molecular complexity index is 1420. The van der Waals surface area contributed by atoms with Crippen LogP contribution in [0.5, 0.6) is 0 Å². The van der Waals surface area contributed by atoms with Gasteiger partial charge in [0.05, 0.1) is 10.6 Å². The first-order valence-corrected chi connectivity index (χ1v) is 14.5. The molecule has 0 aliphatic carbocycles. The summed E-state index contributed by atoms with van der Waals surface area (Å²) in [6.45, 7) is 6.02. The van der Waals surface area contributed by atoms with E-state index >= 15 is 0 Å². The summed E-state index contributed by atoms with van der Waals surface area (Å²) < 4.78 is 41.4. The Morgan fingerprint density at radius 3 is 2.34 bits per heavy atom. The Labute approximate surface area is 223 Å². The number of benzene rings is 3. The largest absolute Gasteiger partial charge is 0.352 e. The molecule has 2 atom stereocenters. The molecule has 0 spiro atoms. The Kier molecular flexibility index (Phi) is 8.35. The van der Waals surface area contributed by atoms with E-state index in [4.69, 9.17) is 0 Å². The number of halogens is 1. The predicted octanol–water partition coefficient (Wildman–Crippen LogP) is 4.99. The quantitative estimate of drug-likeness (QED) is 0.372. The van der Waals surface area contributed by atoms with Gasteiger partial charge in [-0.2, -0.15) is 0 Å². The molecule has 202 valence electrons. The maximum Gasteiger partial charge on any atom is 0.265 e. The van der Waals surface area contributed by atoms with Crippen molar-refractivity contribution in [3.8, 4) is 0 Å². The minimum atomic E-state index is -3.71. The van der Waals surface area contributed by atoms with Gasteiger partial charge in [0.25, 0.3) is 10.0 Å². The Morgan fingerprint density at radius 2 is 1.68 bits per heavy atom. The van der Waals surface area contributed by atoms with Crippen LogP contribution in [0.15, 0.2) is 65.6 Å². The monoisotopic (exact) mass is 539 g/mol. The molecule has 3 aromatic carbocycles. The molecule has 0 saturated carbocycles. The summed E-state index contributed by atoms with van der Waals surface area (Å²) in [7, 11) is -3.71. The van der Waals surface area contributed by atoms with Gasteiger partial charge in [-0.05, 0) is 61.4 Å². The molecule has 0 aromatic heterocycles. The summed E-state index contributed by atoms with van der Waals surface area (Å²) in [5.74, 6) is -0.870. The average molecular weight is 540 g/mol. The van der Waals surface area contributed by atoms with Gasteiger partial charge in [0.2, 0.25) is 11.8 Å². The molecule has 0 bridgehead atoms. The van der Waals surface area contributed by atoms with Gasteiger partial charge in [-0.15, -0.1) is 0 Å². The van der Waals surface area contributed by atoms with Crippen LogP contribution in [-0.2, 0) is 26.2 Å². The van der Waals surface area contributed by atoms with E-state index in [0.29, 0.717) is 23.1 Å². The number of anilines is 1. The molecule has 1 heterocycles. The molecule has 1 aliphatic heterocycles. The molecule has 0 radical (unpaired) electrons. The molecule has 4 rings (SSSR count). The van der Waals surface area contributed by atoms with Gasteiger partial charge in [-0.25, -0.2) is 12.8 Å². The van der Waals surface area contributed by atoms with Gasteiger partial charge in [0.1, 0.15) is 11.9 Å². The molecular formula is C29H34FN3O4S. The normalized spacial score (nSPS) is 15.3. The standard InChI is InChI=1S/C29H34FN3O4S/c1-4-20(3)31-29(35)24(5-2)32(19-21-14-16-23(30)17-15-21)27(34)13-8-18-33-25-11-6-9-22-10-7-12-26(28(22)25)38(33,36)37/h6-7,9-12,14-17,20,24H,4-5,8,13,18-19H2,1-3H3,(H,31,35)/t20-,24+/m0/s1. The molecule has 0 unspecified atom stereocenters. The van der Waals surface area contributed by atoms with Crippen molar-refractivity contribution in [3.05, 3.63) is 72.0 Å². The predicted molar refractivity (Wildman–Crippen MR) is 147 cm³/mol. The number of hydrogen-bond donors (Lipinski definition) is 1. The molecule has 7 nitrogen and oxygen atoms in total. The maximum atomic E-state index is 13.5. The fourth-order valence-corrected chi connectivity index (χ4v) is 6.61. The van der Waals surface area contributed by atoms with Crippen LogP contribution in [0.2, 0.25) is 0 Å². The van der Waals surface area contributed by atoms with Crippen molar-refractivity contribution in [3.63, 3.8) is 0 Å². The first-order chi connectivity index (χ1) is 18.2. The highest BCUT2D eigenvalue weighted by Gasteiger charge is 2.35. The third kappa shape index (κ3) is 5.53. The second kappa shape index (κ2) is 11.5. The van der Waals surface area contributed by atoms with Crippen LogP contribution in [0.3, 0.4) is 0 Å². The van der Waals surface area contributed by atoms with Crippen LogP contribution in [0.4, 0.5) is 10.1 Å². The number of carbonyl (C=O) groups excluding carboxylic acids is 2. The van der Waals surface area contributed by atoms with Gasteiger partial charge >= 0.3 is 0 Å². The van der Waals surface area contributed by atoms with Crippen molar-refractivity contribution >= 4 is 38.3 Å². The number of sulfonamides is 1. The Hall–Kier alpha value is -3.46. The lowest BCUT2D eigenvalue weighted by Gasteiger charge is -2.31. The zero-order valence-electron chi connectivity index (χ0n) is 22.0. The van der Waals surface area contributed by atoms with E-state index in [1.807, 2.05) is 39.0 Å². The molecule has 9 heteroatoms. The highest BCUT2D eigenvalue weighted by Crippen LogP contribution is 2.42. The molecule has 2 amide bonds. The zero-order valence-corrected chi connectivity index (χ0v) is 22.8. The Morgan fingerprint density at radius 1 is 1.00 bits per heavy atom. The molecular weight excluding hydrogens is 505 g/mol. The summed E-state index contributed by atoms with van der Waals surface area (Å²) in [5, 5.41) is 4.52. The number of hydrogen-bond acceptors (Lipinski definition) is 4. The highest BCUT2D eigenvalue weighted by molar-refractivity contribution is 7.93. The van der Waals surface area contributed by atoms with Crippen molar-refractivity contribution in [1.82, 2.24) is 10.2 Å². The van der Waals surface area contributed by atoms with Crippen molar-refractivity contribution in [1.29, 1.82) is 0 Å². The summed E-state index contributed by atoms with van der Waals surface area (Å²) in [4.78, 5) is 28.4. The van der Waals surface area contributed by atoms with Crippen LogP contribution in [0.1, 0.15) is 52.0 Å². The smallest absolute Gasteiger partial charge is 0.265 e. The van der Waals surface area contributed by atoms with Gasteiger partial charge in [-0.3, -0.25) is 13.9 Å². The SMILES string of the molecule is CC[C@H](C(=O)N[C@@H](C)CC)N(Cc1ccc(F)cc1)C(=O)CCCN1c2cccc3cccc(c23)S1(=O)=O. The summed E-state index contributed by atoms with van der Waals surface area (Å²) in [6, 6.07) is 15.8. The third-order valence-electron chi connectivity index (χ3n) is 7.09. The van der Waals surface area contributed by atoms with Crippen LogP contribution in [0.25, 0.3) is 10.8 Å². The van der Waals surface area contributed by atoms with E-state index in [1.54, 1.807) is 30.3 Å². The van der Waals surface area contributed by atoms with E-state index in [1.165, 1.54) is 21.3 Å². The highest BCUT2D eigenvalue weighted by atomic mass is 32.2. The fraction of sp³-hybridized carbons (Fsp3) is 0.379. The number of amides is 2. The maximum absolute atomic E-state index is 13.5. The van der Waals surface area contributed by atoms with Crippen LogP contribution >= 0.6 is 0 Å². The summed E-state index contributed by atoms with van der Waals surface area (Å²) in [6.07, 6.45) is 1.51. The minimum absolute atomic E-state index is 0.0379. The van der Waals surface area contributed by atoms with E-state index in [2.05, 4.69) is 5.32 Å². The van der Waals surface area contributed by atoms with Crippen molar-refractivity contribution in [2.24, 2.45) is 0 Å². The van der Waals surface area contributed by atoms with Crippen LogP contribution < -0.4 is 9.62 Å². The minimum Gasteiger partial charge on any atom is -0.352 e. The second-order valence-electron chi connectivity index (χ2n) is 9.70. The van der Waals surface area contributed by atoms with E-state index in [0.717, 1.165) is 11.8 Å². The van der Waals surface area contributed by atoms with Crippen molar-refractivity contribution in [2.75, 3.05) is 10.8 Å². The van der Waals surface area contributed by atoms with Gasteiger partial charge in [-0.1, -0.05) is 50.2 Å². The molecule has 0 fully saturated rings. The first-order valence-electron chi connectivity index (χ1n) is 13.1. The lowest BCUT2D eigenvalue weighted by atomic mass is 10.1. The number of nitrogens with zero attached hydrogens (tertiary/aromatic N) is 2.